The first kappa shape index (κ1) is 28.9. The number of aromatic hydroxyl groups is 2. The maximum Gasteiger partial charge on any atom is 0.329 e. The standard InChI is InChI=1S/C29H26Cl2N2O7/c30-9-11-33(12-10-31)19-7-5-17(6-8-19)13-22(32-16-34)29(39)40-15-18-14-23(35)24-25(26(18)36)28(38)21-4-2-1-3-20(21)27(24)37/h1-8,14,16,22,35-36H,9-13,15H2,(H,32,34). The number of hydrogen-bond donors (Lipinski definition) is 3. The molecule has 0 fully saturated rings. The van der Waals surface area contributed by atoms with Gasteiger partial charge in [-0.15, -0.1) is 23.2 Å². The molecule has 3 N–H and O–H groups in total. The van der Waals surface area contributed by atoms with E-state index in [0.717, 1.165) is 17.3 Å². The molecule has 0 bridgehead atoms. The Hall–Kier alpha value is -4.08. The van der Waals surface area contributed by atoms with Gasteiger partial charge in [0.15, 0.2) is 11.6 Å². The van der Waals surface area contributed by atoms with Crippen molar-refractivity contribution in [2.45, 2.75) is 19.1 Å². The highest BCUT2D eigenvalue weighted by atomic mass is 35.5. The van der Waals surface area contributed by atoms with Crippen LogP contribution in [-0.4, -0.2) is 65.1 Å². The minimum absolute atomic E-state index is 0.0713. The number of phenols is 2. The van der Waals surface area contributed by atoms with E-state index >= 15 is 0 Å². The van der Waals surface area contributed by atoms with Crippen LogP contribution in [0.15, 0.2) is 54.6 Å². The van der Waals surface area contributed by atoms with Crippen LogP contribution in [0.1, 0.15) is 43.0 Å². The molecule has 1 aliphatic carbocycles. The number of anilines is 1. The zero-order chi connectivity index (χ0) is 28.8. The predicted molar refractivity (Wildman–Crippen MR) is 150 cm³/mol. The van der Waals surface area contributed by atoms with Crippen LogP contribution in [0.3, 0.4) is 0 Å². The van der Waals surface area contributed by atoms with Gasteiger partial charge in [0.25, 0.3) is 0 Å². The van der Waals surface area contributed by atoms with Crippen LogP contribution in [-0.2, 0) is 27.4 Å². The lowest BCUT2D eigenvalue weighted by Gasteiger charge is -2.23. The van der Waals surface area contributed by atoms with Gasteiger partial charge in [-0.25, -0.2) is 4.79 Å². The summed E-state index contributed by atoms with van der Waals surface area (Å²) in [6.45, 7) is 0.718. The number of halogens is 2. The number of benzene rings is 3. The summed E-state index contributed by atoms with van der Waals surface area (Å²) >= 11 is 11.7. The zero-order valence-corrected chi connectivity index (χ0v) is 22.7. The Morgan fingerprint density at radius 1 is 0.950 bits per heavy atom. The van der Waals surface area contributed by atoms with Crippen molar-refractivity contribution in [3.8, 4) is 11.5 Å². The molecule has 9 nitrogen and oxygen atoms in total. The summed E-state index contributed by atoms with van der Waals surface area (Å²) in [6, 6.07) is 13.5. The number of ketones is 2. The lowest BCUT2D eigenvalue weighted by atomic mass is 9.82. The Morgan fingerprint density at radius 3 is 2.12 bits per heavy atom. The smallest absolute Gasteiger partial charge is 0.329 e. The fourth-order valence-corrected chi connectivity index (χ4v) is 5.02. The number of rotatable bonds is 12. The van der Waals surface area contributed by atoms with Gasteiger partial charge in [-0.3, -0.25) is 14.4 Å². The van der Waals surface area contributed by atoms with E-state index in [1.807, 2.05) is 29.2 Å². The highest BCUT2D eigenvalue weighted by Crippen LogP contribution is 2.40. The van der Waals surface area contributed by atoms with Gasteiger partial charge in [-0.2, -0.15) is 0 Å². The first-order valence-electron chi connectivity index (χ1n) is 12.4. The quantitative estimate of drug-likeness (QED) is 0.0996. The van der Waals surface area contributed by atoms with Crippen molar-refractivity contribution in [3.63, 3.8) is 0 Å². The SMILES string of the molecule is O=CNC(Cc1ccc(N(CCCl)CCCl)cc1)C(=O)OCc1cc(O)c2c(c1O)C(=O)c1ccccc1C2=O. The number of esters is 1. The molecule has 1 aliphatic rings. The molecule has 0 spiro atoms. The number of ether oxygens (including phenoxy) is 1. The Balaban J connectivity index is 1.49. The summed E-state index contributed by atoms with van der Waals surface area (Å²) in [5.41, 5.74) is 1.14. The average molecular weight is 585 g/mol. The minimum atomic E-state index is -1.05. The van der Waals surface area contributed by atoms with Crippen LogP contribution in [0, 0.1) is 0 Å². The highest BCUT2D eigenvalue weighted by Gasteiger charge is 2.35. The second kappa shape index (κ2) is 12.8. The second-order valence-electron chi connectivity index (χ2n) is 9.04. The molecule has 1 unspecified atom stereocenters. The molecule has 3 aromatic rings. The Kier molecular flexibility index (Phi) is 9.29. The number of phenolic OH excluding ortho intramolecular Hbond substituents is 2. The van der Waals surface area contributed by atoms with Crippen LogP contribution in [0.25, 0.3) is 0 Å². The van der Waals surface area contributed by atoms with Crippen LogP contribution >= 0.6 is 23.2 Å². The van der Waals surface area contributed by atoms with Crippen molar-refractivity contribution in [2.24, 2.45) is 0 Å². The van der Waals surface area contributed by atoms with Gasteiger partial charge in [0.2, 0.25) is 6.41 Å². The second-order valence-corrected chi connectivity index (χ2v) is 9.79. The molecule has 0 saturated carbocycles. The number of fused-ring (bicyclic) bond motifs is 2. The maximum atomic E-state index is 13.1. The molecule has 0 saturated heterocycles. The number of nitrogens with one attached hydrogen (secondary N) is 1. The van der Waals surface area contributed by atoms with Gasteiger partial charge < -0.3 is 25.2 Å². The third-order valence-corrected chi connectivity index (χ3v) is 6.94. The van der Waals surface area contributed by atoms with E-state index in [-0.39, 0.29) is 34.2 Å². The molecule has 3 aromatic carbocycles. The summed E-state index contributed by atoms with van der Waals surface area (Å²) in [5, 5.41) is 23.8. The molecule has 0 heterocycles. The van der Waals surface area contributed by atoms with E-state index in [9.17, 15) is 29.4 Å². The van der Waals surface area contributed by atoms with Gasteiger partial charge in [0.05, 0.1) is 11.1 Å². The maximum absolute atomic E-state index is 13.1. The fourth-order valence-electron chi connectivity index (χ4n) is 4.62. The van der Waals surface area contributed by atoms with Crippen molar-refractivity contribution >= 4 is 52.8 Å². The van der Waals surface area contributed by atoms with E-state index in [4.69, 9.17) is 27.9 Å². The third-order valence-electron chi connectivity index (χ3n) is 6.60. The lowest BCUT2D eigenvalue weighted by Crippen LogP contribution is -2.39. The predicted octanol–water partition coefficient (Wildman–Crippen LogP) is 3.56. The molecule has 0 radical (unpaired) electrons. The Labute approximate surface area is 240 Å². The van der Waals surface area contributed by atoms with E-state index in [0.29, 0.717) is 31.3 Å². The highest BCUT2D eigenvalue weighted by molar-refractivity contribution is 6.30. The Bertz CT molecular complexity index is 1440. The molecular weight excluding hydrogens is 559 g/mol. The monoisotopic (exact) mass is 584 g/mol. The molecule has 40 heavy (non-hydrogen) atoms. The normalized spacial score (nSPS) is 12.8. The molecule has 208 valence electrons. The van der Waals surface area contributed by atoms with E-state index in [1.54, 1.807) is 12.1 Å². The largest absolute Gasteiger partial charge is 0.507 e. The number of carbonyl (C=O) groups is 4. The average Bonchev–Trinajstić information content (AvgIpc) is 2.96. The van der Waals surface area contributed by atoms with Crippen LogP contribution in [0.5, 0.6) is 11.5 Å². The lowest BCUT2D eigenvalue weighted by molar-refractivity contribution is -0.148. The molecule has 1 atom stereocenters. The number of alkyl halides is 2. The number of nitrogens with zero attached hydrogens (tertiary/aromatic N) is 1. The molecule has 0 aromatic heterocycles. The van der Waals surface area contributed by atoms with E-state index in [1.165, 1.54) is 12.1 Å². The molecule has 11 heteroatoms. The summed E-state index contributed by atoms with van der Waals surface area (Å²) in [6.07, 6.45) is 0.501. The zero-order valence-electron chi connectivity index (χ0n) is 21.2. The van der Waals surface area contributed by atoms with Gasteiger partial charge in [-0.1, -0.05) is 36.4 Å². The topological polar surface area (TPSA) is 133 Å². The summed E-state index contributed by atoms with van der Waals surface area (Å²) in [4.78, 5) is 52.1. The van der Waals surface area contributed by atoms with Crippen molar-refractivity contribution in [1.29, 1.82) is 0 Å². The molecule has 0 aliphatic heterocycles. The fraction of sp³-hybridized carbons (Fsp3) is 0.241. The summed E-state index contributed by atoms with van der Waals surface area (Å²) in [7, 11) is 0. The van der Waals surface area contributed by atoms with Crippen molar-refractivity contribution < 1.29 is 34.1 Å². The third kappa shape index (κ3) is 5.90. The summed E-state index contributed by atoms with van der Waals surface area (Å²) in [5.74, 6) is -2.25. The minimum Gasteiger partial charge on any atom is -0.507 e. The molecule has 4 rings (SSSR count). The van der Waals surface area contributed by atoms with E-state index in [2.05, 4.69) is 5.32 Å². The van der Waals surface area contributed by atoms with Crippen LogP contribution < -0.4 is 10.2 Å². The van der Waals surface area contributed by atoms with E-state index < -0.39 is 41.7 Å². The van der Waals surface area contributed by atoms with Gasteiger partial charge >= 0.3 is 5.97 Å². The van der Waals surface area contributed by atoms with Crippen molar-refractivity contribution in [1.82, 2.24) is 5.32 Å². The number of amides is 1. The van der Waals surface area contributed by atoms with Gasteiger partial charge in [0.1, 0.15) is 24.1 Å². The number of hydrogen-bond acceptors (Lipinski definition) is 8. The van der Waals surface area contributed by atoms with Crippen molar-refractivity contribution in [2.75, 3.05) is 29.7 Å². The first-order valence-corrected chi connectivity index (χ1v) is 13.5. The van der Waals surface area contributed by atoms with Gasteiger partial charge in [0, 0.05) is 53.6 Å². The van der Waals surface area contributed by atoms with Crippen LogP contribution in [0.2, 0.25) is 0 Å². The first-order chi connectivity index (χ1) is 19.3. The Morgan fingerprint density at radius 2 is 1.55 bits per heavy atom. The summed E-state index contributed by atoms with van der Waals surface area (Å²) < 4.78 is 5.33. The molecule has 1 amide bonds. The molecular formula is C29H26Cl2N2O7. The van der Waals surface area contributed by atoms with Crippen LogP contribution in [0.4, 0.5) is 5.69 Å². The van der Waals surface area contributed by atoms with Gasteiger partial charge in [-0.05, 0) is 23.8 Å². The number of carbonyl (C=O) groups excluding carboxylic acids is 4. The van der Waals surface area contributed by atoms with Crippen molar-refractivity contribution in [3.05, 3.63) is 88.0 Å².